The number of nitrogens with zero attached hydrogens (tertiary/aromatic N) is 4. The molecule has 0 radical (unpaired) electrons. The highest BCUT2D eigenvalue weighted by atomic mass is 32.1. The van der Waals surface area contributed by atoms with Crippen molar-refractivity contribution < 1.29 is 14.3 Å². The maximum Gasteiger partial charge on any atom is 0.224 e. The standard InChI is InChI=1S/C24H31N5O3S/c1-3-31-20-10-9-18(16-21(20)32-4-2)11-12-25-22(30)19-8-7-15-29(17-19)24-27-26-23(33-24)28-13-5-6-14-28/h5-6,9-10,13-14,16,19H,3-4,7-8,11-12,15,17H2,1-2H3,(H,25,30)/t19-/m0/s1. The monoisotopic (exact) mass is 469 g/mol. The lowest BCUT2D eigenvalue weighted by Crippen LogP contribution is -2.43. The van der Waals surface area contributed by atoms with Gasteiger partial charge in [0, 0.05) is 32.0 Å². The number of aromatic nitrogens is 3. The van der Waals surface area contributed by atoms with Crippen LogP contribution in [0.5, 0.6) is 11.5 Å². The van der Waals surface area contributed by atoms with E-state index in [2.05, 4.69) is 20.4 Å². The van der Waals surface area contributed by atoms with Gasteiger partial charge in [-0.25, -0.2) is 0 Å². The first-order valence-electron chi connectivity index (χ1n) is 11.6. The molecule has 176 valence electrons. The third-order valence-corrected chi connectivity index (χ3v) is 6.61. The van der Waals surface area contributed by atoms with Crippen molar-refractivity contribution in [1.82, 2.24) is 20.1 Å². The molecule has 3 heterocycles. The molecule has 1 N–H and O–H groups in total. The largest absolute Gasteiger partial charge is 0.490 e. The SMILES string of the molecule is CCOc1ccc(CCNC(=O)[C@H]2CCCN(c3nnc(-n4cccc4)s3)C2)cc1OCC. The van der Waals surface area contributed by atoms with E-state index in [1.165, 1.54) is 0 Å². The van der Waals surface area contributed by atoms with Crippen LogP contribution < -0.4 is 19.7 Å². The molecule has 1 aromatic carbocycles. The fourth-order valence-corrected chi connectivity index (χ4v) is 4.84. The summed E-state index contributed by atoms with van der Waals surface area (Å²) < 4.78 is 13.3. The Morgan fingerprint density at radius 1 is 1.12 bits per heavy atom. The van der Waals surface area contributed by atoms with Gasteiger partial charge in [-0.1, -0.05) is 17.4 Å². The molecule has 1 aliphatic heterocycles. The van der Waals surface area contributed by atoms with Crippen molar-refractivity contribution in [1.29, 1.82) is 0 Å². The number of anilines is 1. The lowest BCUT2D eigenvalue weighted by Gasteiger charge is -2.31. The molecule has 3 aromatic rings. The number of nitrogens with one attached hydrogen (secondary N) is 1. The zero-order valence-corrected chi connectivity index (χ0v) is 20.0. The Morgan fingerprint density at radius 3 is 2.67 bits per heavy atom. The molecule has 0 unspecified atom stereocenters. The zero-order valence-electron chi connectivity index (χ0n) is 19.2. The van der Waals surface area contributed by atoms with Crippen LogP contribution in [0.3, 0.4) is 0 Å². The van der Waals surface area contributed by atoms with Crippen LogP contribution in [-0.4, -0.2) is 53.5 Å². The van der Waals surface area contributed by atoms with Crippen LogP contribution in [-0.2, 0) is 11.2 Å². The van der Waals surface area contributed by atoms with Crippen molar-refractivity contribution >= 4 is 22.4 Å². The molecule has 2 aromatic heterocycles. The molecule has 1 atom stereocenters. The number of amides is 1. The van der Waals surface area contributed by atoms with Gasteiger partial charge in [-0.15, -0.1) is 10.2 Å². The topological polar surface area (TPSA) is 81.5 Å². The lowest BCUT2D eigenvalue weighted by molar-refractivity contribution is -0.125. The van der Waals surface area contributed by atoms with Gasteiger partial charge in [0.2, 0.25) is 16.2 Å². The molecule has 4 rings (SSSR count). The highest BCUT2D eigenvalue weighted by molar-refractivity contribution is 7.17. The molecule has 33 heavy (non-hydrogen) atoms. The number of benzene rings is 1. The average Bonchev–Trinajstić information content (AvgIpc) is 3.53. The van der Waals surface area contributed by atoms with Gasteiger partial charge in [0.05, 0.1) is 19.1 Å². The van der Waals surface area contributed by atoms with Gasteiger partial charge >= 0.3 is 0 Å². The van der Waals surface area contributed by atoms with E-state index in [1.807, 2.05) is 61.1 Å². The minimum absolute atomic E-state index is 0.0444. The molecule has 0 aliphatic carbocycles. The summed E-state index contributed by atoms with van der Waals surface area (Å²) >= 11 is 1.55. The second-order valence-corrected chi connectivity index (χ2v) is 8.87. The predicted octanol–water partition coefficient (Wildman–Crippen LogP) is 3.70. The second-order valence-electron chi connectivity index (χ2n) is 7.93. The number of carbonyl (C=O) groups is 1. The third kappa shape index (κ3) is 5.84. The number of hydrogen-bond donors (Lipinski definition) is 1. The Kier molecular flexibility index (Phi) is 7.83. The third-order valence-electron chi connectivity index (χ3n) is 5.61. The molecular weight excluding hydrogens is 438 g/mol. The van der Waals surface area contributed by atoms with E-state index in [0.29, 0.717) is 26.3 Å². The second kappa shape index (κ2) is 11.2. The molecule has 1 amide bonds. The number of ether oxygens (including phenoxy) is 2. The first kappa shape index (κ1) is 23.1. The zero-order chi connectivity index (χ0) is 23.0. The fraction of sp³-hybridized carbons (Fsp3) is 0.458. The molecular formula is C24H31N5O3S. The Labute approximate surface area is 198 Å². The van der Waals surface area contributed by atoms with Gasteiger partial charge in [-0.2, -0.15) is 0 Å². The van der Waals surface area contributed by atoms with Crippen LogP contribution in [0.15, 0.2) is 42.7 Å². The van der Waals surface area contributed by atoms with Crippen molar-refractivity contribution in [2.75, 3.05) is 37.7 Å². The van der Waals surface area contributed by atoms with Crippen LogP contribution >= 0.6 is 11.3 Å². The first-order valence-corrected chi connectivity index (χ1v) is 12.4. The van der Waals surface area contributed by atoms with Gasteiger partial charge in [0.15, 0.2) is 11.5 Å². The molecule has 1 fully saturated rings. The Hall–Kier alpha value is -3.07. The van der Waals surface area contributed by atoms with Crippen LogP contribution in [0.25, 0.3) is 5.13 Å². The number of rotatable bonds is 10. The van der Waals surface area contributed by atoms with E-state index in [4.69, 9.17) is 9.47 Å². The summed E-state index contributed by atoms with van der Waals surface area (Å²) in [5.74, 6) is 1.57. The summed E-state index contributed by atoms with van der Waals surface area (Å²) in [7, 11) is 0. The van der Waals surface area contributed by atoms with E-state index in [-0.39, 0.29) is 11.8 Å². The van der Waals surface area contributed by atoms with Crippen molar-refractivity contribution in [3.8, 4) is 16.6 Å². The quantitative estimate of drug-likeness (QED) is 0.488. The van der Waals surface area contributed by atoms with Gasteiger partial charge in [-0.3, -0.25) is 9.36 Å². The predicted molar refractivity (Wildman–Crippen MR) is 130 cm³/mol. The van der Waals surface area contributed by atoms with Crippen molar-refractivity contribution in [2.45, 2.75) is 33.1 Å². The number of carbonyl (C=O) groups excluding carboxylic acids is 1. The van der Waals surface area contributed by atoms with E-state index < -0.39 is 0 Å². The molecule has 1 aliphatic rings. The van der Waals surface area contributed by atoms with Crippen molar-refractivity contribution in [3.05, 3.63) is 48.3 Å². The normalized spacial score (nSPS) is 15.9. The smallest absolute Gasteiger partial charge is 0.224 e. The minimum Gasteiger partial charge on any atom is -0.490 e. The number of hydrogen-bond acceptors (Lipinski definition) is 7. The average molecular weight is 470 g/mol. The lowest BCUT2D eigenvalue weighted by atomic mass is 9.97. The molecule has 1 saturated heterocycles. The Balaban J connectivity index is 1.29. The molecule has 9 heteroatoms. The van der Waals surface area contributed by atoms with E-state index in [1.54, 1.807) is 11.3 Å². The molecule has 0 spiro atoms. The first-order chi connectivity index (χ1) is 16.2. The maximum absolute atomic E-state index is 12.8. The van der Waals surface area contributed by atoms with Gasteiger partial charge in [0.1, 0.15) is 0 Å². The highest BCUT2D eigenvalue weighted by Gasteiger charge is 2.27. The summed E-state index contributed by atoms with van der Waals surface area (Å²) in [6.45, 7) is 7.25. The Bertz CT molecular complexity index is 1040. The van der Waals surface area contributed by atoms with Crippen LogP contribution in [0.4, 0.5) is 5.13 Å². The highest BCUT2D eigenvalue weighted by Crippen LogP contribution is 2.29. The minimum atomic E-state index is -0.0444. The van der Waals surface area contributed by atoms with Gasteiger partial charge in [0.25, 0.3) is 0 Å². The van der Waals surface area contributed by atoms with E-state index in [0.717, 1.165) is 53.1 Å². The molecule has 0 saturated carbocycles. The van der Waals surface area contributed by atoms with Crippen LogP contribution in [0, 0.1) is 5.92 Å². The van der Waals surface area contributed by atoms with E-state index >= 15 is 0 Å². The van der Waals surface area contributed by atoms with Gasteiger partial charge < -0.3 is 19.7 Å². The summed E-state index contributed by atoms with van der Waals surface area (Å²) in [6.07, 6.45) is 6.51. The fourth-order valence-electron chi connectivity index (χ4n) is 3.99. The van der Waals surface area contributed by atoms with E-state index in [9.17, 15) is 4.79 Å². The van der Waals surface area contributed by atoms with Gasteiger partial charge in [-0.05, 0) is 62.9 Å². The summed E-state index contributed by atoms with van der Waals surface area (Å²) in [5.41, 5.74) is 1.11. The summed E-state index contributed by atoms with van der Waals surface area (Å²) in [5, 5.41) is 13.5. The van der Waals surface area contributed by atoms with Crippen LogP contribution in [0.2, 0.25) is 0 Å². The summed E-state index contributed by atoms with van der Waals surface area (Å²) in [6, 6.07) is 9.90. The van der Waals surface area contributed by atoms with Crippen molar-refractivity contribution in [3.63, 3.8) is 0 Å². The van der Waals surface area contributed by atoms with Crippen LogP contribution in [0.1, 0.15) is 32.3 Å². The Morgan fingerprint density at radius 2 is 1.88 bits per heavy atom. The molecule has 8 nitrogen and oxygen atoms in total. The molecule has 0 bridgehead atoms. The maximum atomic E-state index is 12.8. The summed E-state index contributed by atoms with van der Waals surface area (Å²) in [4.78, 5) is 15.0. The number of piperidine rings is 1. The van der Waals surface area contributed by atoms with Crippen molar-refractivity contribution in [2.24, 2.45) is 5.92 Å².